The average Bonchev–Trinajstić information content (AvgIpc) is 2.76. The van der Waals surface area contributed by atoms with Gasteiger partial charge in [-0.15, -0.1) is 0 Å². The maximum atomic E-state index is 12.0. The van der Waals surface area contributed by atoms with Crippen molar-refractivity contribution in [2.45, 2.75) is 25.8 Å². The minimum atomic E-state index is -0.718. The Hall–Kier alpha value is -3.30. The highest BCUT2D eigenvalue weighted by molar-refractivity contribution is 5.96. The lowest BCUT2D eigenvalue weighted by atomic mass is 10.1. The van der Waals surface area contributed by atoms with Crippen LogP contribution in [0.3, 0.4) is 0 Å². The molecular formula is C20H27N3O7. The Morgan fingerprint density at radius 1 is 1.07 bits per heavy atom. The molecule has 2 N–H and O–H groups in total. The third-order valence-corrected chi connectivity index (χ3v) is 4.50. The van der Waals surface area contributed by atoms with Gasteiger partial charge in [-0.1, -0.05) is 0 Å². The van der Waals surface area contributed by atoms with E-state index in [-0.39, 0.29) is 18.7 Å². The molecule has 2 rings (SSSR count). The van der Waals surface area contributed by atoms with Gasteiger partial charge in [0.25, 0.3) is 11.8 Å². The zero-order valence-electron chi connectivity index (χ0n) is 17.1. The molecule has 0 atom stereocenters. The fourth-order valence-corrected chi connectivity index (χ4v) is 2.88. The molecule has 30 heavy (non-hydrogen) atoms. The summed E-state index contributed by atoms with van der Waals surface area (Å²) < 4.78 is 14.9. The van der Waals surface area contributed by atoms with Gasteiger partial charge in [0.2, 0.25) is 0 Å². The van der Waals surface area contributed by atoms with E-state index in [1.807, 2.05) is 0 Å². The van der Waals surface area contributed by atoms with Crippen LogP contribution in [-0.2, 0) is 19.1 Å². The predicted octanol–water partition coefficient (Wildman–Crippen LogP) is 0.705. The number of carbonyl (C=O) groups is 4. The summed E-state index contributed by atoms with van der Waals surface area (Å²) in [6, 6.07) is 6.31. The second-order valence-electron chi connectivity index (χ2n) is 6.60. The molecule has 0 aromatic heterocycles. The molecule has 10 nitrogen and oxygen atoms in total. The first kappa shape index (κ1) is 23.0. The predicted molar refractivity (Wildman–Crippen MR) is 106 cm³/mol. The van der Waals surface area contributed by atoms with Gasteiger partial charge in [-0.25, -0.2) is 4.79 Å². The van der Waals surface area contributed by atoms with E-state index in [4.69, 9.17) is 14.2 Å². The molecule has 1 aromatic carbocycles. The Morgan fingerprint density at radius 3 is 2.33 bits per heavy atom. The van der Waals surface area contributed by atoms with Crippen molar-refractivity contribution in [2.24, 2.45) is 0 Å². The van der Waals surface area contributed by atoms with Crippen molar-refractivity contribution in [3.8, 4) is 5.75 Å². The third kappa shape index (κ3) is 7.26. The number of esters is 1. The highest BCUT2D eigenvalue weighted by atomic mass is 16.6. The molecule has 164 valence electrons. The van der Waals surface area contributed by atoms with Crippen molar-refractivity contribution in [1.82, 2.24) is 15.5 Å². The number of piperidine rings is 1. The quantitative estimate of drug-likeness (QED) is 0.593. The van der Waals surface area contributed by atoms with Gasteiger partial charge < -0.3 is 29.7 Å². The summed E-state index contributed by atoms with van der Waals surface area (Å²) in [5.41, 5.74) is 0.371. The first-order chi connectivity index (χ1) is 14.4. The Bertz CT molecular complexity index is 743. The molecule has 0 radical (unpaired) electrons. The van der Waals surface area contributed by atoms with Crippen molar-refractivity contribution >= 4 is 23.9 Å². The molecule has 0 spiro atoms. The molecule has 1 saturated heterocycles. The van der Waals surface area contributed by atoms with Gasteiger partial charge in [-0.05, 0) is 44.0 Å². The average molecular weight is 421 g/mol. The molecular weight excluding hydrogens is 394 g/mol. The fourth-order valence-electron chi connectivity index (χ4n) is 2.88. The van der Waals surface area contributed by atoms with Gasteiger partial charge in [0.05, 0.1) is 13.7 Å². The Balaban J connectivity index is 1.63. The Labute approximate surface area is 174 Å². The minimum Gasteiger partial charge on any atom is -0.497 e. The smallest absolute Gasteiger partial charge is 0.409 e. The zero-order valence-corrected chi connectivity index (χ0v) is 17.1. The maximum absolute atomic E-state index is 12.0. The van der Waals surface area contributed by atoms with E-state index >= 15 is 0 Å². The van der Waals surface area contributed by atoms with E-state index in [2.05, 4.69) is 10.6 Å². The Morgan fingerprint density at radius 2 is 1.73 bits per heavy atom. The first-order valence-electron chi connectivity index (χ1n) is 9.71. The lowest BCUT2D eigenvalue weighted by molar-refractivity contribution is -0.147. The normalized spacial score (nSPS) is 13.9. The van der Waals surface area contributed by atoms with Crippen LogP contribution in [0.15, 0.2) is 24.3 Å². The van der Waals surface area contributed by atoms with Crippen LogP contribution in [0.4, 0.5) is 4.79 Å². The second kappa shape index (κ2) is 11.6. The summed E-state index contributed by atoms with van der Waals surface area (Å²) in [6.45, 7) is 2.26. The lowest BCUT2D eigenvalue weighted by Crippen LogP contribution is -2.47. The van der Waals surface area contributed by atoms with E-state index in [9.17, 15) is 19.2 Å². The van der Waals surface area contributed by atoms with Crippen LogP contribution < -0.4 is 15.4 Å². The van der Waals surface area contributed by atoms with Crippen LogP contribution in [0, 0.1) is 0 Å². The summed E-state index contributed by atoms with van der Waals surface area (Å²) in [5.74, 6) is -0.973. The van der Waals surface area contributed by atoms with E-state index < -0.39 is 24.4 Å². The van der Waals surface area contributed by atoms with Gasteiger partial charge in [0.15, 0.2) is 6.61 Å². The number of likely N-dealkylation sites (tertiary alicyclic amines) is 1. The molecule has 1 heterocycles. The highest BCUT2D eigenvalue weighted by Gasteiger charge is 2.24. The highest BCUT2D eigenvalue weighted by Crippen LogP contribution is 2.12. The number of rotatable bonds is 8. The molecule has 1 aliphatic rings. The van der Waals surface area contributed by atoms with Crippen LogP contribution >= 0.6 is 0 Å². The van der Waals surface area contributed by atoms with E-state index in [0.29, 0.717) is 43.9 Å². The number of hydrogen-bond donors (Lipinski definition) is 2. The van der Waals surface area contributed by atoms with Crippen LogP contribution in [-0.4, -0.2) is 74.8 Å². The van der Waals surface area contributed by atoms with Crippen molar-refractivity contribution in [3.05, 3.63) is 29.8 Å². The number of amides is 3. The van der Waals surface area contributed by atoms with Crippen LogP contribution in [0.5, 0.6) is 5.75 Å². The number of methoxy groups -OCH3 is 1. The van der Waals surface area contributed by atoms with Gasteiger partial charge in [0.1, 0.15) is 12.3 Å². The molecule has 0 unspecified atom stereocenters. The SMILES string of the molecule is CCOC(=O)N1CCC(NC(=O)COC(=O)CNC(=O)c2ccc(OC)cc2)CC1. The lowest BCUT2D eigenvalue weighted by Gasteiger charge is -2.31. The molecule has 0 bridgehead atoms. The van der Waals surface area contributed by atoms with Gasteiger partial charge in [-0.3, -0.25) is 14.4 Å². The Kier molecular flexibility index (Phi) is 8.92. The zero-order chi connectivity index (χ0) is 21.9. The third-order valence-electron chi connectivity index (χ3n) is 4.50. The number of carbonyl (C=O) groups excluding carboxylic acids is 4. The number of hydrogen-bond acceptors (Lipinski definition) is 7. The summed E-state index contributed by atoms with van der Waals surface area (Å²) in [6.07, 6.45) is 0.834. The molecule has 0 aliphatic carbocycles. The maximum Gasteiger partial charge on any atom is 0.409 e. The van der Waals surface area contributed by atoms with Crippen molar-refractivity contribution < 1.29 is 33.4 Å². The standard InChI is InChI=1S/C20H27N3O7/c1-3-29-20(27)23-10-8-15(9-11-23)22-17(24)13-30-18(25)12-21-19(26)14-4-6-16(28-2)7-5-14/h4-7,15H,3,8-13H2,1-2H3,(H,21,26)(H,22,24). The monoisotopic (exact) mass is 421 g/mol. The first-order valence-corrected chi connectivity index (χ1v) is 9.71. The molecule has 1 fully saturated rings. The van der Waals surface area contributed by atoms with Gasteiger partial charge >= 0.3 is 12.1 Å². The largest absolute Gasteiger partial charge is 0.497 e. The number of benzene rings is 1. The van der Waals surface area contributed by atoms with E-state index in [1.54, 1.807) is 36.1 Å². The van der Waals surface area contributed by atoms with Crippen LogP contribution in [0.25, 0.3) is 0 Å². The molecule has 0 saturated carbocycles. The fraction of sp³-hybridized carbons (Fsp3) is 0.500. The second-order valence-corrected chi connectivity index (χ2v) is 6.60. The van der Waals surface area contributed by atoms with Crippen LogP contribution in [0.2, 0.25) is 0 Å². The van der Waals surface area contributed by atoms with Gasteiger partial charge in [-0.2, -0.15) is 0 Å². The van der Waals surface area contributed by atoms with Crippen molar-refractivity contribution in [3.63, 3.8) is 0 Å². The molecule has 1 aromatic rings. The molecule has 3 amide bonds. The van der Waals surface area contributed by atoms with E-state index in [0.717, 1.165) is 0 Å². The van der Waals surface area contributed by atoms with E-state index in [1.165, 1.54) is 7.11 Å². The summed E-state index contributed by atoms with van der Waals surface area (Å²) in [4.78, 5) is 49.0. The van der Waals surface area contributed by atoms with Crippen molar-refractivity contribution in [1.29, 1.82) is 0 Å². The summed E-state index contributed by atoms with van der Waals surface area (Å²) >= 11 is 0. The summed E-state index contributed by atoms with van der Waals surface area (Å²) in [5, 5.41) is 5.20. The number of nitrogens with zero attached hydrogens (tertiary/aromatic N) is 1. The van der Waals surface area contributed by atoms with Crippen LogP contribution in [0.1, 0.15) is 30.1 Å². The minimum absolute atomic E-state index is 0.100. The molecule has 1 aliphatic heterocycles. The topological polar surface area (TPSA) is 123 Å². The number of ether oxygens (including phenoxy) is 3. The van der Waals surface area contributed by atoms with Crippen molar-refractivity contribution in [2.75, 3.05) is 40.0 Å². The summed E-state index contributed by atoms with van der Waals surface area (Å²) in [7, 11) is 1.52. The molecule has 10 heteroatoms. The van der Waals surface area contributed by atoms with Gasteiger partial charge in [0, 0.05) is 24.7 Å². The number of nitrogens with one attached hydrogen (secondary N) is 2.